The molecule has 0 aliphatic carbocycles. The summed E-state index contributed by atoms with van der Waals surface area (Å²) in [5, 5.41) is 19.1. The topological polar surface area (TPSA) is 89.7 Å². The third-order valence-corrected chi connectivity index (χ3v) is 2.01. The molecule has 1 N–H and O–H groups in total. The van der Waals surface area contributed by atoms with Crippen LogP contribution in [0.1, 0.15) is 10.4 Å². The summed E-state index contributed by atoms with van der Waals surface area (Å²) in [6.45, 7) is 0. The van der Waals surface area contributed by atoms with Gasteiger partial charge in [-0.25, -0.2) is 4.79 Å². The molecule has 0 unspecified atom stereocenters. The highest BCUT2D eigenvalue weighted by atomic mass is 35.5. The summed E-state index contributed by atoms with van der Waals surface area (Å²) in [6, 6.07) is 1.96. The lowest BCUT2D eigenvalue weighted by Gasteiger charge is -2.04. The van der Waals surface area contributed by atoms with Crippen molar-refractivity contribution in [2.75, 3.05) is 7.11 Å². The van der Waals surface area contributed by atoms with Crippen molar-refractivity contribution in [3.05, 3.63) is 32.8 Å². The molecule has 0 aliphatic heterocycles. The third-order valence-electron chi connectivity index (χ3n) is 1.70. The van der Waals surface area contributed by atoms with Crippen LogP contribution in [0, 0.1) is 10.1 Å². The minimum atomic E-state index is -1.33. The van der Waals surface area contributed by atoms with Crippen LogP contribution in [0.2, 0.25) is 5.02 Å². The van der Waals surface area contributed by atoms with E-state index in [9.17, 15) is 14.9 Å². The molecule has 1 aromatic rings. The Morgan fingerprint density at radius 3 is 2.60 bits per heavy atom. The molecule has 0 heterocycles. The van der Waals surface area contributed by atoms with Gasteiger partial charge in [0.15, 0.2) is 5.75 Å². The highest BCUT2D eigenvalue weighted by Crippen LogP contribution is 2.32. The number of methoxy groups -OCH3 is 1. The predicted molar refractivity (Wildman–Crippen MR) is 51.6 cm³/mol. The highest BCUT2D eigenvalue weighted by Gasteiger charge is 2.21. The molecule has 1 aromatic carbocycles. The zero-order chi connectivity index (χ0) is 11.6. The van der Waals surface area contributed by atoms with Crippen molar-refractivity contribution in [2.24, 2.45) is 0 Å². The maximum Gasteiger partial charge on any atom is 0.337 e. The molecule has 80 valence electrons. The Balaban J connectivity index is 3.43. The zero-order valence-corrected chi connectivity index (χ0v) is 8.32. The lowest BCUT2D eigenvalue weighted by atomic mass is 10.2. The molecule has 0 saturated heterocycles. The number of carbonyl (C=O) groups is 1. The van der Waals surface area contributed by atoms with E-state index in [0.29, 0.717) is 0 Å². The second-order valence-corrected chi connectivity index (χ2v) is 2.97. The Kier molecular flexibility index (Phi) is 3.11. The molecule has 0 saturated carbocycles. The monoisotopic (exact) mass is 231 g/mol. The second-order valence-electron chi connectivity index (χ2n) is 2.57. The highest BCUT2D eigenvalue weighted by molar-refractivity contribution is 6.33. The summed E-state index contributed by atoms with van der Waals surface area (Å²) in [7, 11) is 1.24. The van der Waals surface area contributed by atoms with Gasteiger partial charge in [0, 0.05) is 12.1 Å². The van der Waals surface area contributed by atoms with E-state index in [2.05, 4.69) is 0 Å². The van der Waals surface area contributed by atoms with Crippen LogP contribution in [0.3, 0.4) is 0 Å². The van der Waals surface area contributed by atoms with Gasteiger partial charge in [0.1, 0.15) is 0 Å². The summed E-state index contributed by atoms with van der Waals surface area (Å²) < 4.78 is 4.70. The SMILES string of the molecule is COc1cc(Cl)c(C(=O)O)cc1[N+](=O)[O-]. The lowest BCUT2D eigenvalue weighted by molar-refractivity contribution is -0.385. The number of carboxylic acid groups (broad SMARTS) is 1. The Morgan fingerprint density at radius 2 is 2.20 bits per heavy atom. The van der Waals surface area contributed by atoms with Gasteiger partial charge in [0.05, 0.1) is 22.6 Å². The fourth-order valence-corrected chi connectivity index (χ4v) is 1.25. The normalized spacial score (nSPS) is 9.73. The van der Waals surface area contributed by atoms with E-state index in [1.165, 1.54) is 7.11 Å². The minimum Gasteiger partial charge on any atom is -0.490 e. The summed E-state index contributed by atoms with van der Waals surface area (Å²) in [4.78, 5) is 20.5. The Labute approximate surface area is 89.2 Å². The van der Waals surface area contributed by atoms with Crippen LogP contribution in [0.4, 0.5) is 5.69 Å². The molecular weight excluding hydrogens is 226 g/mol. The van der Waals surface area contributed by atoms with Gasteiger partial charge in [-0.05, 0) is 0 Å². The maximum absolute atomic E-state index is 10.6. The molecular formula is C8H6ClNO5. The molecule has 0 aromatic heterocycles. The van der Waals surface area contributed by atoms with Crippen molar-refractivity contribution < 1.29 is 19.6 Å². The Morgan fingerprint density at radius 1 is 1.60 bits per heavy atom. The Bertz CT molecular complexity index is 431. The molecule has 0 fully saturated rings. The van der Waals surface area contributed by atoms with Gasteiger partial charge in [-0.15, -0.1) is 0 Å². The first-order valence-corrected chi connectivity index (χ1v) is 4.10. The number of nitro benzene ring substituents is 1. The van der Waals surface area contributed by atoms with E-state index in [-0.39, 0.29) is 16.3 Å². The van der Waals surface area contributed by atoms with Gasteiger partial charge in [-0.2, -0.15) is 0 Å². The largest absolute Gasteiger partial charge is 0.490 e. The van der Waals surface area contributed by atoms with Gasteiger partial charge in [-0.3, -0.25) is 10.1 Å². The predicted octanol–water partition coefficient (Wildman–Crippen LogP) is 1.96. The van der Waals surface area contributed by atoms with Crippen LogP contribution in [0.5, 0.6) is 5.75 Å². The van der Waals surface area contributed by atoms with Crippen molar-refractivity contribution >= 4 is 23.3 Å². The van der Waals surface area contributed by atoms with Crippen LogP contribution in [0.15, 0.2) is 12.1 Å². The molecule has 0 radical (unpaired) electrons. The first-order valence-electron chi connectivity index (χ1n) is 3.72. The minimum absolute atomic E-state index is 0.0741. The van der Waals surface area contributed by atoms with Crippen molar-refractivity contribution in [1.29, 1.82) is 0 Å². The maximum atomic E-state index is 10.6. The van der Waals surface area contributed by atoms with Crippen LogP contribution in [0.25, 0.3) is 0 Å². The van der Waals surface area contributed by atoms with Gasteiger partial charge in [-0.1, -0.05) is 11.6 Å². The number of rotatable bonds is 3. The first kappa shape index (κ1) is 11.3. The number of aromatic carboxylic acids is 1. The fourth-order valence-electron chi connectivity index (χ4n) is 1.01. The van der Waals surface area contributed by atoms with Crippen molar-refractivity contribution in [1.82, 2.24) is 0 Å². The Hall–Kier alpha value is -1.82. The summed E-state index contributed by atoms with van der Waals surface area (Å²) >= 11 is 5.60. The number of nitro groups is 1. The van der Waals surface area contributed by atoms with E-state index in [0.717, 1.165) is 12.1 Å². The second kappa shape index (κ2) is 4.14. The van der Waals surface area contributed by atoms with E-state index in [1.54, 1.807) is 0 Å². The third kappa shape index (κ3) is 2.16. The van der Waals surface area contributed by atoms with E-state index >= 15 is 0 Å². The first-order chi connectivity index (χ1) is 6.97. The molecule has 0 atom stereocenters. The molecule has 0 spiro atoms. The molecule has 15 heavy (non-hydrogen) atoms. The molecule has 6 nitrogen and oxygen atoms in total. The summed E-state index contributed by atoms with van der Waals surface area (Å²) in [6.07, 6.45) is 0. The average Bonchev–Trinajstić information content (AvgIpc) is 2.16. The number of hydrogen-bond acceptors (Lipinski definition) is 4. The van der Waals surface area contributed by atoms with E-state index in [1.807, 2.05) is 0 Å². The number of hydrogen-bond donors (Lipinski definition) is 1. The smallest absolute Gasteiger partial charge is 0.337 e. The van der Waals surface area contributed by atoms with Crippen molar-refractivity contribution in [3.8, 4) is 5.75 Å². The van der Waals surface area contributed by atoms with Crippen LogP contribution < -0.4 is 4.74 Å². The summed E-state index contributed by atoms with van der Waals surface area (Å²) in [5.74, 6) is -1.40. The molecule has 0 aliphatic rings. The van der Waals surface area contributed by atoms with Gasteiger partial charge in [0.2, 0.25) is 0 Å². The van der Waals surface area contributed by atoms with Gasteiger partial charge < -0.3 is 9.84 Å². The van der Waals surface area contributed by atoms with Crippen LogP contribution >= 0.6 is 11.6 Å². The zero-order valence-electron chi connectivity index (χ0n) is 7.56. The number of ether oxygens (including phenoxy) is 1. The number of halogens is 1. The lowest BCUT2D eigenvalue weighted by Crippen LogP contribution is -2.01. The molecule has 1 rings (SSSR count). The van der Waals surface area contributed by atoms with Crippen LogP contribution in [-0.2, 0) is 0 Å². The average molecular weight is 232 g/mol. The molecule has 0 amide bonds. The van der Waals surface area contributed by atoms with Gasteiger partial charge in [0.25, 0.3) is 0 Å². The van der Waals surface area contributed by atoms with Gasteiger partial charge >= 0.3 is 11.7 Å². The van der Waals surface area contributed by atoms with E-state index < -0.39 is 16.6 Å². The quantitative estimate of drug-likeness (QED) is 0.634. The standard InChI is InChI=1S/C8H6ClNO5/c1-15-7-3-5(9)4(8(11)12)2-6(7)10(13)14/h2-3H,1H3,(H,11,12). The number of carboxylic acids is 1. The molecule has 0 bridgehead atoms. The summed E-state index contributed by atoms with van der Waals surface area (Å²) in [5.41, 5.74) is -0.761. The number of benzene rings is 1. The molecule has 7 heteroatoms. The fraction of sp³-hybridized carbons (Fsp3) is 0.125. The van der Waals surface area contributed by atoms with Crippen molar-refractivity contribution in [3.63, 3.8) is 0 Å². The van der Waals surface area contributed by atoms with Crippen LogP contribution in [-0.4, -0.2) is 23.1 Å². The van der Waals surface area contributed by atoms with Crippen molar-refractivity contribution in [2.45, 2.75) is 0 Å². The van der Waals surface area contributed by atoms with E-state index in [4.69, 9.17) is 21.4 Å². The number of nitrogens with zero attached hydrogens (tertiary/aromatic N) is 1.